The second-order valence-electron chi connectivity index (χ2n) is 14.0. The van der Waals surface area contributed by atoms with Gasteiger partial charge in [0.1, 0.15) is 23.2 Å². The van der Waals surface area contributed by atoms with E-state index in [0.717, 1.165) is 29.2 Å². The van der Waals surface area contributed by atoms with E-state index in [9.17, 15) is 27.6 Å². The molecule has 2 heterocycles. The van der Waals surface area contributed by atoms with Crippen LogP contribution < -0.4 is 20.1 Å². The predicted molar refractivity (Wildman–Crippen MR) is 182 cm³/mol. The quantitative estimate of drug-likeness (QED) is 0.325. The van der Waals surface area contributed by atoms with Crippen LogP contribution in [0, 0.1) is 5.92 Å². The third kappa shape index (κ3) is 8.93. The van der Waals surface area contributed by atoms with Gasteiger partial charge < -0.3 is 20.3 Å². The maximum absolute atomic E-state index is 13.8. The SMILES string of the molecule is CC(C)(C)OC(=O)N[C@H]1CCCCCC=C[C@@H]2C[C@@]2(C(=O)NS(=O)(=O)NCCc2ccc3ccccc3c2)NC(=O)[C@@H]2CCCN2C1=O. The van der Waals surface area contributed by atoms with Gasteiger partial charge in [0.25, 0.3) is 5.91 Å². The second-order valence-corrected chi connectivity index (χ2v) is 15.5. The van der Waals surface area contributed by atoms with E-state index in [2.05, 4.69) is 20.1 Å². The van der Waals surface area contributed by atoms with Gasteiger partial charge >= 0.3 is 16.3 Å². The summed E-state index contributed by atoms with van der Waals surface area (Å²) in [5.74, 6) is -2.13. The number of rotatable bonds is 7. The Kier molecular flexibility index (Phi) is 10.8. The number of carbonyl (C=O) groups excluding carboxylic acids is 4. The summed E-state index contributed by atoms with van der Waals surface area (Å²) in [6.07, 6.45) is 8.14. The molecule has 3 aliphatic rings. The molecular formula is C35H47N5O7S. The summed E-state index contributed by atoms with van der Waals surface area (Å²) in [7, 11) is -4.24. The van der Waals surface area contributed by atoms with Crippen LogP contribution >= 0.6 is 0 Å². The van der Waals surface area contributed by atoms with Crippen molar-refractivity contribution in [2.45, 2.75) is 102 Å². The lowest BCUT2D eigenvalue weighted by atomic mass is 10.0. The van der Waals surface area contributed by atoms with Crippen molar-refractivity contribution in [3.8, 4) is 0 Å². The number of ether oxygens (including phenoxy) is 1. The van der Waals surface area contributed by atoms with Gasteiger partial charge in [0.15, 0.2) is 0 Å². The molecule has 2 aromatic carbocycles. The Morgan fingerprint density at radius 3 is 2.56 bits per heavy atom. The molecule has 2 fully saturated rings. The van der Waals surface area contributed by atoms with E-state index >= 15 is 0 Å². The fraction of sp³-hybridized carbons (Fsp3) is 0.543. The van der Waals surface area contributed by atoms with Crippen LogP contribution in [0.4, 0.5) is 4.79 Å². The Bertz CT molecular complexity index is 1670. The summed E-state index contributed by atoms with van der Waals surface area (Å²) in [6, 6.07) is 12.1. The molecule has 4 N–H and O–H groups in total. The number of hydrogen-bond acceptors (Lipinski definition) is 7. The van der Waals surface area contributed by atoms with Crippen LogP contribution in [-0.4, -0.2) is 73.4 Å². The van der Waals surface area contributed by atoms with Crippen molar-refractivity contribution < 1.29 is 32.3 Å². The summed E-state index contributed by atoms with van der Waals surface area (Å²) < 4.78 is 36.0. The zero-order valence-corrected chi connectivity index (χ0v) is 28.7. The lowest BCUT2D eigenvalue weighted by molar-refractivity contribution is -0.141. The van der Waals surface area contributed by atoms with Crippen LogP contribution in [0.5, 0.6) is 0 Å². The number of fused-ring (bicyclic) bond motifs is 3. The standard InChI is InChI=1S/C35H47N5O7S/c1-34(2,3)47-33(44)37-28-15-8-6-4-5-7-14-27-23-35(27,38-30(41)29-16-11-21-40(29)31(28)42)32(43)39-48(45,46)36-20-19-24-17-18-25-12-9-10-13-26(25)22-24/h7,9-10,12-14,17-18,22,27-29,36H,4-6,8,11,15-16,19-21,23H2,1-3H3,(H,37,44)(H,38,41)(H,39,43)/t27-,28+,29+,35-/m1/s1. The van der Waals surface area contributed by atoms with Crippen LogP contribution in [0.2, 0.25) is 0 Å². The van der Waals surface area contributed by atoms with Gasteiger partial charge in [-0.25, -0.2) is 9.52 Å². The number of nitrogens with one attached hydrogen (secondary N) is 4. The van der Waals surface area contributed by atoms with E-state index in [1.54, 1.807) is 20.8 Å². The lowest BCUT2D eigenvalue weighted by Crippen LogP contribution is -2.59. The first-order valence-corrected chi connectivity index (χ1v) is 18.3. The van der Waals surface area contributed by atoms with Gasteiger partial charge in [0.05, 0.1) is 0 Å². The summed E-state index contributed by atoms with van der Waals surface area (Å²) in [6.45, 7) is 5.61. The monoisotopic (exact) mass is 681 g/mol. The largest absolute Gasteiger partial charge is 0.444 e. The molecule has 4 atom stereocenters. The fourth-order valence-corrected chi connectivity index (χ4v) is 7.39. The van der Waals surface area contributed by atoms with E-state index in [1.807, 2.05) is 54.6 Å². The zero-order chi connectivity index (χ0) is 34.5. The van der Waals surface area contributed by atoms with Crippen LogP contribution in [0.1, 0.15) is 77.7 Å². The molecule has 1 aliphatic carbocycles. The first kappa shape index (κ1) is 35.3. The van der Waals surface area contributed by atoms with Crippen molar-refractivity contribution in [3.05, 3.63) is 60.2 Å². The van der Waals surface area contributed by atoms with E-state index in [-0.39, 0.29) is 18.9 Å². The number of amides is 4. The molecule has 0 bridgehead atoms. The maximum Gasteiger partial charge on any atom is 0.408 e. The van der Waals surface area contributed by atoms with Crippen molar-refractivity contribution in [3.63, 3.8) is 0 Å². The molecule has 0 spiro atoms. The summed E-state index contributed by atoms with van der Waals surface area (Å²) in [5.41, 5.74) is -1.26. The van der Waals surface area contributed by atoms with Crippen molar-refractivity contribution in [2.75, 3.05) is 13.1 Å². The molecule has 0 unspecified atom stereocenters. The molecule has 5 rings (SSSR count). The highest BCUT2D eigenvalue weighted by atomic mass is 32.2. The average molecular weight is 682 g/mol. The van der Waals surface area contributed by atoms with Crippen LogP contribution in [0.3, 0.4) is 0 Å². The first-order valence-electron chi connectivity index (χ1n) is 16.8. The Labute approximate surface area is 282 Å². The topological polar surface area (TPSA) is 163 Å². The lowest BCUT2D eigenvalue weighted by Gasteiger charge is -2.30. The Balaban J connectivity index is 1.26. The summed E-state index contributed by atoms with van der Waals surface area (Å²) >= 11 is 0. The molecule has 48 heavy (non-hydrogen) atoms. The van der Waals surface area contributed by atoms with Crippen molar-refractivity contribution in [1.82, 2.24) is 25.0 Å². The molecule has 13 heteroatoms. The Morgan fingerprint density at radius 2 is 1.79 bits per heavy atom. The van der Waals surface area contributed by atoms with Gasteiger partial charge in [-0.1, -0.05) is 67.5 Å². The van der Waals surface area contributed by atoms with Gasteiger partial charge in [-0.15, -0.1) is 0 Å². The summed E-state index contributed by atoms with van der Waals surface area (Å²) in [4.78, 5) is 55.2. The van der Waals surface area contributed by atoms with E-state index in [0.29, 0.717) is 45.1 Å². The molecule has 12 nitrogen and oxygen atoms in total. The van der Waals surface area contributed by atoms with Crippen LogP contribution in [0.15, 0.2) is 54.6 Å². The molecule has 0 aromatic heterocycles. The van der Waals surface area contributed by atoms with Gasteiger partial charge in [-0.3, -0.25) is 14.4 Å². The minimum Gasteiger partial charge on any atom is -0.444 e. The normalized spacial score (nSPS) is 25.2. The summed E-state index contributed by atoms with van der Waals surface area (Å²) in [5, 5.41) is 7.69. The number of hydrogen-bond donors (Lipinski definition) is 4. The Hall–Kier alpha value is -3.97. The van der Waals surface area contributed by atoms with Crippen molar-refractivity contribution in [1.29, 1.82) is 0 Å². The predicted octanol–water partition coefficient (Wildman–Crippen LogP) is 3.61. The molecule has 4 amide bonds. The van der Waals surface area contributed by atoms with Gasteiger partial charge in [0.2, 0.25) is 11.8 Å². The smallest absolute Gasteiger partial charge is 0.408 e. The number of benzene rings is 2. The van der Waals surface area contributed by atoms with E-state index in [1.165, 1.54) is 4.90 Å². The van der Waals surface area contributed by atoms with Gasteiger partial charge in [-0.2, -0.15) is 13.1 Å². The fourth-order valence-electron chi connectivity index (χ4n) is 6.52. The van der Waals surface area contributed by atoms with Crippen molar-refractivity contribution in [2.24, 2.45) is 5.92 Å². The minimum atomic E-state index is -4.24. The second kappa shape index (κ2) is 14.7. The zero-order valence-electron chi connectivity index (χ0n) is 27.9. The Morgan fingerprint density at radius 1 is 1.02 bits per heavy atom. The highest BCUT2D eigenvalue weighted by molar-refractivity contribution is 7.88. The molecular weight excluding hydrogens is 634 g/mol. The molecule has 0 radical (unpaired) electrons. The minimum absolute atomic E-state index is 0.0707. The number of allylic oxidation sites excluding steroid dienone is 1. The third-order valence-corrected chi connectivity index (χ3v) is 10.1. The average Bonchev–Trinajstić information content (AvgIpc) is 3.47. The van der Waals surface area contributed by atoms with Crippen LogP contribution in [0.25, 0.3) is 10.8 Å². The van der Waals surface area contributed by atoms with Crippen LogP contribution in [-0.2, 0) is 35.8 Å². The van der Waals surface area contributed by atoms with Gasteiger partial charge in [-0.05, 0) is 82.1 Å². The maximum atomic E-state index is 13.8. The number of alkyl carbamates (subject to hydrolysis) is 1. The number of nitrogens with zero attached hydrogens (tertiary/aromatic N) is 1. The van der Waals surface area contributed by atoms with Crippen molar-refractivity contribution >= 4 is 44.8 Å². The van der Waals surface area contributed by atoms with E-state index in [4.69, 9.17) is 4.74 Å². The first-order chi connectivity index (χ1) is 22.8. The van der Waals surface area contributed by atoms with E-state index < -0.39 is 57.3 Å². The molecule has 1 saturated heterocycles. The third-order valence-electron chi connectivity index (χ3n) is 9.07. The highest BCUT2D eigenvalue weighted by Crippen LogP contribution is 2.45. The molecule has 1 saturated carbocycles. The number of carbonyl (C=O) groups is 4. The highest BCUT2D eigenvalue weighted by Gasteiger charge is 2.61. The van der Waals surface area contributed by atoms with Gasteiger partial charge in [0, 0.05) is 19.0 Å². The molecule has 260 valence electrons. The molecule has 2 aromatic rings. The molecule has 2 aliphatic heterocycles.